The van der Waals surface area contributed by atoms with Gasteiger partial charge in [-0.25, -0.2) is 0 Å². The fourth-order valence-electron chi connectivity index (χ4n) is 2.31. The average Bonchev–Trinajstić information content (AvgIpc) is 2.49. The van der Waals surface area contributed by atoms with Gasteiger partial charge in [-0.3, -0.25) is 14.9 Å². The molecule has 0 saturated carbocycles. The molecule has 0 radical (unpaired) electrons. The number of nitro groups is 1. The molecule has 1 aromatic heterocycles. The van der Waals surface area contributed by atoms with Crippen LogP contribution in [0.5, 0.6) is 5.75 Å². The summed E-state index contributed by atoms with van der Waals surface area (Å²) < 4.78 is 11.9. The topological polar surface area (TPSA) is 83.6 Å². The lowest BCUT2D eigenvalue weighted by atomic mass is 10.1. The Labute approximate surface area is 129 Å². The fourth-order valence-corrected chi connectivity index (χ4v) is 2.57. The van der Waals surface area contributed by atoms with Crippen LogP contribution in [0.3, 0.4) is 0 Å². The zero-order chi connectivity index (χ0) is 15.7. The molecule has 1 aliphatic heterocycles. The molecule has 0 saturated heterocycles. The van der Waals surface area contributed by atoms with Gasteiger partial charge in [0, 0.05) is 28.3 Å². The molecule has 0 unspecified atom stereocenters. The van der Waals surface area contributed by atoms with Crippen LogP contribution in [0.15, 0.2) is 35.3 Å². The van der Waals surface area contributed by atoms with E-state index in [1.807, 2.05) is 0 Å². The SMILES string of the molecule is O=c1ccc([N+](=O)[O-])cn1Cc1cc(Cl)cc2c1OCOC2. The van der Waals surface area contributed by atoms with E-state index in [0.29, 0.717) is 22.9 Å². The standard InChI is InChI=1S/C14H11ClN2O5/c15-11-3-9(14-10(4-11)7-21-8-22-14)5-16-6-12(17(19)20)1-2-13(16)18/h1-4,6H,5,7-8H2. The van der Waals surface area contributed by atoms with Gasteiger partial charge in [-0.1, -0.05) is 11.6 Å². The van der Waals surface area contributed by atoms with E-state index in [9.17, 15) is 14.9 Å². The van der Waals surface area contributed by atoms with Crippen LogP contribution in [-0.4, -0.2) is 16.3 Å². The second-order valence-electron chi connectivity index (χ2n) is 4.77. The summed E-state index contributed by atoms with van der Waals surface area (Å²) >= 11 is 6.06. The Balaban J connectivity index is 2.03. The van der Waals surface area contributed by atoms with Gasteiger partial charge >= 0.3 is 0 Å². The van der Waals surface area contributed by atoms with Gasteiger partial charge in [0.05, 0.1) is 24.3 Å². The molecule has 3 rings (SSSR count). The Kier molecular flexibility index (Phi) is 3.82. The van der Waals surface area contributed by atoms with Crippen molar-refractivity contribution in [3.8, 4) is 5.75 Å². The summed E-state index contributed by atoms with van der Waals surface area (Å²) in [5.74, 6) is 0.606. The van der Waals surface area contributed by atoms with Crippen molar-refractivity contribution in [1.82, 2.24) is 4.57 Å². The van der Waals surface area contributed by atoms with E-state index in [4.69, 9.17) is 21.1 Å². The molecule has 114 valence electrons. The predicted octanol–water partition coefficient (Wildman–Crippen LogP) is 2.32. The third-order valence-corrected chi connectivity index (χ3v) is 3.49. The summed E-state index contributed by atoms with van der Waals surface area (Å²) in [5.41, 5.74) is 0.965. The lowest BCUT2D eigenvalue weighted by molar-refractivity contribution is -0.385. The molecule has 2 aromatic rings. The summed E-state index contributed by atoms with van der Waals surface area (Å²) in [5, 5.41) is 11.3. The third-order valence-electron chi connectivity index (χ3n) is 3.27. The summed E-state index contributed by atoms with van der Waals surface area (Å²) in [6.07, 6.45) is 1.20. The van der Waals surface area contributed by atoms with Crippen molar-refractivity contribution in [3.63, 3.8) is 0 Å². The summed E-state index contributed by atoms with van der Waals surface area (Å²) in [6, 6.07) is 5.75. The first kappa shape index (κ1) is 14.6. The van der Waals surface area contributed by atoms with Crippen molar-refractivity contribution in [2.75, 3.05) is 6.79 Å². The lowest BCUT2D eigenvalue weighted by Gasteiger charge is -2.21. The van der Waals surface area contributed by atoms with Gasteiger partial charge in [0.2, 0.25) is 0 Å². The van der Waals surface area contributed by atoms with Crippen LogP contribution in [0, 0.1) is 10.1 Å². The molecule has 22 heavy (non-hydrogen) atoms. The maximum Gasteiger partial charge on any atom is 0.285 e. The van der Waals surface area contributed by atoms with Crippen LogP contribution in [0.2, 0.25) is 5.02 Å². The normalized spacial score (nSPS) is 13.3. The Bertz CT molecular complexity index is 802. The highest BCUT2D eigenvalue weighted by atomic mass is 35.5. The molecule has 0 bridgehead atoms. The van der Waals surface area contributed by atoms with Crippen molar-refractivity contribution in [3.05, 3.63) is 67.1 Å². The van der Waals surface area contributed by atoms with Gasteiger partial charge in [0.1, 0.15) is 5.75 Å². The van der Waals surface area contributed by atoms with Crippen molar-refractivity contribution in [2.45, 2.75) is 13.2 Å². The molecule has 1 aliphatic rings. The maximum atomic E-state index is 11.9. The minimum absolute atomic E-state index is 0.117. The lowest BCUT2D eigenvalue weighted by Crippen LogP contribution is -2.21. The molecule has 0 fully saturated rings. The number of nitrogens with zero attached hydrogens (tertiary/aromatic N) is 2. The molecule has 2 heterocycles. The van der Waals surface area contributed by atoms with Crippen molar-refractivity contribution >= 4 is 17.3 Å². The van der Waals surface area contributed by atoms with E-state index >= 15 is 0 Å². The van der Waals surface area contributed by atoms with Gasteiger partial charge in [-0.2, -0.15) is 0 Å². The highest BCUT2D eigenvalue weighted by Gasteiger charge is 2.17. The van der Waals surface area contributed by atoms with Crippen molar-refractivity contribution in [1.29, 1.82) is 0 Å². The van der Waals surface area contributed by atoms with Crippen LogP contribution in [0.25, 0.3) is 0 Å². The third kappa shape index (κ3) is 2.81. The van der Waals surface area contributed by atoms with E-state index in [0.717, 1.165) is 5.56 Å². The summed E-state index contributed by atoms with van der Waals surface area (Å²) in [4.78, 5) is 22.2. The number of rotatable bonds is 3. The number of fused-ring (bicyclic) bond motifs is 1. The van der Waals surface area contributed by atoms with Gasteiger partial charge in [-0.15, -0.1) is 0 Å². The smallest absolute Gasteiger partial charge is 0.285 e. The van der Waals surface area contributed by atoms with Gasteiger partial charge in [0.15, 0.2) is 6.79 Å². The van der Waals surface area contributed by atoms with E-state index in [1.165, 1.54) is 22.9 Å². The predicted molar refractivity (Wildman–Crippen MR) is 78.2 cm³/mol. The quantitative estimate of drug-likeness (QED) is 0.639. The van der Waals surface area contributed by atoms with Gasteiger partial charge < -0.3 is 14.0 Å². The summed E-state index contributed by atoms with van der Waals surface area (Å²) in [6.45, 7) is 0.613. The number of hydrogen-bond acceptors (Lipinski definition) is 5. The van der Waals surface area contributed by atoms with Gasteiger partial charge in [-0.05, 0) is 12.1 Å². The second-order valence-corrected chi connectivity index (χ2v) is 5.21. The molecular formula is C14H11ClN2O5. The molecule has 0 atom stereocenters. The van der Waals surface area contributed by atoms with Crippen molar-refractivity contribution in [2.24, 2.45) is 0 Å². The van der Waals surface area contributed by atoms with Crippen LogP contribution in [0.4, 0.5) is 5.69 Å². The van der Waals surface area contributed by atoms with Crippen LogP contribution in [-0.2, 0) is 17.9 Å². The first-order valence-corrected chi connectivity index (χ1v) is 6.79. The van der Waals surface area contributed by atoms with E-state index < -0.39 is 4.92 Å². The molecule has 0 N–H and O–H groups in total. The van der Waals surface area contributed by atoms with Crippen LogP contribution in [0.1, 0.15) is 11.1 Å². The zero-order valence-corrected chi connectivity index (χ0v) is 12.1. The largest absolute Gasteiger partial charge is 0.467 e. The number of ether oxygens (including phenoxy) is 2. The minimum Gasteiger partial charge on any atom is -0.467 e. The Morgan fingerprint density at radius 2 is 2.18 bits per heavy atom. The molecule has 8 heteroatoms. The average molecular weight is 323 g/mol. The Hall–Kier alpha value is -2.38. The highest BCUT2D eigenvalue weighted by Crippen LogP contribution is 2.32. The number of hydrogen-bond donors (Lipinski definition) is 0. The fraction of sp³-hybridized carbons (Fsp3) is 0.214. The van der Waals surface area contributed by atoms with E-state index in [1.54, 1.807) is 12.1 Å². The molecule has 0 aliphatic carbocycles. The monoisotopic (exact) mass is 322 g/mol. The molecular weight excluding hydrogens is 312 g/mol. The molecule has 1 aromatic carbocycles. The second kappa shape index (κ2) is 5.78. The molecule has 0 amide bonds. The highest BCUT2D eigenvalue weighted by molar-refractivity contribution is 6.30. The van der Waals surface area contributed by atoms with E-state index in [-0.39, 0.29) is 24.6 Å². The first-order chi connectivity index (χ1) is 10.5. The maximum absolute atomic E-state index is 11.9. The number of benzene rings is 1. The molecule has 7 nitrogen and oxygen atoms in total. The van der Waals surface area contributed by atoms with Crippen LogP contribution >= 0.6 is 11.6 Å². The first-order valence-electron chi connectivity index (χ1n) is 6.41. The summed E-state index contributed by atoms with van der Waals surface area (Å²) in [7, 11) is 0. The van der Waals surface area contributed by atoms with E-state index in [2.05, 4.69) is 0 Å². The number of aromatic nitrogens is 1. The Morgan fingerprint density at radius 3 is 2.95 bits per heavy atom. The minimum atomic E-state index is -0.548. The zero-order valence-electron chi connectivity index (χ0n) is 11.3. The van der Waals surface area contributed by atoms with Crippen LogP contribution < -0.4 is 10.3 Å². The number of pyridine rings is 1. The number of halogens is 1. The van der Waals surface area contributed by atoms with Crippen molar-refractivity contribution < 1.29 is 14.4 Å². The molecule has 0 spiro atoms. The van der Waals surface area contributed by atoms with Gasteiger partial charge in [0.25, 0.3) is 11.2 Å². The Morgan fingerprint density at radius 1 is 1.36 bits per heavy atom.